The lowest BCUT2D eigenvalue weighted by Gasteiger charge is -2.23. The van der Waals surface area contributed by atoms with Crippen LogP contribution in [0.3, 0.4) is 0 Å². The molecule has 1 aliphatic rings. The van der Waals surface area contributed by atoms with Gasteiger partial charge in [0.1, 0.15) is 36.2 Å². The van der Waals surface area contributed by atoms with Crippen LogP contribution in [0, 0.1) is 0 Å². The molecule has 1 fully saturated rings. The molecule has 0 aromatic carbocycles. The topological polar surface area (TPSA) is 143 Å². The monoisotopic (exact) mass is 412 g/mol. The van der Waals surface area contributed by atoms with Crippen molar-refractivity contribution in [1.82, 2.24) is 20.2 Å². The second-order valence-electron chi connectivity index (χ2n) is 6.04. The molecule has 4 unspecified atom stereocenters. The van der Waals surface area contributed by atoms with Crippen molar-refractivity contribution < 1.29 is 33.3 Å². The third-order valence-electron chi connectivity index (χ3n) is 3.97. The minimum atomic E-state index is -1.03. The quantitative estimate of drug-likeness (QED) is 0.426. The Bertz CT molecular complexity index is 918. The average molecular weight is 413 g/mol. The van der Waals surface area contributed by atoms with Gasteiger partial charge in [-0.3, -0.25) is 19.5 Å². The van der Waals surface area contributed by atoms with Crippen molar-refractivity contribution in [2.24, 2.45) is 0 Å². The van der Waals surface area contributed by atoms with Gasteiger partial charge in [-0.05, 0) is 0 Å². The number of esters is 3. The Balaban J connectivity index is 2.01. The number of H-pyrrole nitrogens is 1. The highest BCUT2D eigenvalue weighted by Gasteiger charge is 2.51. The van der Waals surface area contributed by atoms with E-state index in [1.54, 1.807) is 0 Å². The molecule has 28 heavy (non-hydrogen) atoms. The smallest absolute Gasteiger partial charge is 0.303 e. The summed E-state index contributed by atoms with van der Waals surface area (Å²) >= 11 is 6.02. The van der Waals surface area contributed by atoms with Gasteiger partial charge in [-0.2, -0.15) is 5.10 Å². The fourth-order valence-electron chi connectivity index (χ4n) is 2.97. The zero-order valence-electron chi connectivity index (χ0n) is 15.2. The number of hydrogen-bond donors (Lipinski definition) is 1. The summed E-state index contributed by atoms with van der Waals surface area (Å²) < 4.78 is 21.6. The molecule has 0 saturated carbocycles. The lowest BCUT2D eigenvalue weighted by atomic mass is 10.0. The Morgan fingerprint density at radius 3 is 2.39 bits per heavy atom. The number of nitrogens with zero attached hydrogens (tertiary/aromatic N) is 3. The number of carbonyl (C=O) groups is 3. The maximum absolute atomic E-state index is 11.7. The minimum absolute atomic E-state index is 0.127. The van der Waals surface area contributed by atoms with E-state index in [2.05, 4.69) is 20.2 Å². The van der Waals surface area contributed by atoms with E-state index in [4.69, 9.17) is 30.5 Å². The van der Waals surface area contributed by atoms with E-state index in [1.807, 2.05) is 0 Å². The lowest BCUT2D eigenvalue weighted by molar-refractivity contribution is -0.165. The van der Waals surface area contributed by atoms with Gasteiger partial charge in [-0.25, -0.2) is 9.97 Å². The van der Waals surface area contributed by atoms with E-state index < -0.39 is 42.3 Å². The number of fused-ring (bicyclic) bond motifs is 1. The summed E-state index contributed by atoms with van der Waals surface area (Å²) in [5.41, 5.74) is 1.02. The molecule has 0 amide bonds. The molecule has 0 aliphatic carbocycles. The molecule has 0 spiro atoms. The van der Waals surface area contributed by atoms with Gasteiger partial charge < -0.3 is 18.9 Å². The summed E-state index contributed by atoms with van der Waals surface area (Å²) in [6.07, 6.45) is -2.59. The van der Waals surface area contributed by atoms with Gasteiger partial charge in [0.15, 0.2) is 17.4 Å². The van der Waals surface area contributed by atoms with Gasteiger partial charge in [0.05, 0.1) is 5.69 Å². The van der Waals surface area contributed by atoms with Crippen molar-refractivity contribution in [2.45, 2.75) is 45.2 Å². The molecule has 2 aromatic heterocycles. The molecule has 3 rings (SSSR count). The zero-order chi connectivity index (χ0) is 20.4. The van der Waals surface area contributed by atoms with Crippen LogP contribution < -0.4 is 0 Å². The first-order valence-corrected chi connectivity index (χ1v) is 8.63. The van der Waals surface area contributed by atoms with Crippen LogP contribution in [0.15, 0.2) is 6.33 Å². The van der Waals surface area contributed by atoms with Crippen LogP contribution in [0.4, 0.5) is 0 Å². The van der Waals surface area contributed by atoms with Crippen LogP contribution in [0.25, 0.3) is 11.0 Å². The molecular weight excluding hydrogens is 396 g/mol. The Hall–Kier alpha value is -2.79. The van der Waals surface area contributed by atoms with E-state index in [0.29, 0.717) is 16.7 Å². The normalized spacial score (nSPS) is 24.1. The molecule has 11 nitrogen and oxygen atoms in total. The number of carbonyl (C=O) groups excluding carboxylic acids is 3. The van der Waals surface area contributed by atoms with Gasteiger partial charge in [0.25, 0.3) is 0 Å². The Labute approximate surface area is 163 Å². The van der Waals surface area contributed by atoms with Crippen LogP contribution in [0.1, 0.15) is 32.6 Å². The number of hydrogen-bond acceptors (Lipinski definition) is 10. The van der Waals surface area contributed by atoms with Gasteiger partial charge in [0.2, 0.25) is 0 Å². The summed E-state index contributed by atoms with van der Waals surface area (Å²) in [4.78, 5) is 42.4. The van der Waals surface area contributed by atoms with Crippen LogP contribution in [0.2, 0.25) is 5.15 Å². The summed E-state index contributed by atoms with van der Waals surface area (Å²) in [6.45, 7) is 3.45. The molecular formula is C16H17ClN4O7. The molecule has 1 aliphatic heterocycles. The molecule has 3 heterocycles. The molecule has 0 radical (unpaired) electrons. The number of ether oxygens (including phenoxy) is 4. The summed E-state index contributed by atoms with van der Waals surface area (Å²) in [5.74, 6) is -1.76. The van der Waals surface area contributed by atoms with Crippen molar-refractivity contribution in [3.63, 3.8) is 0 Å². The van der Waals surface area contributed by atoms with Crippen LogP contribution >= 0.6 is 11.6 Å². The largest absolute Gasteiger partial charge is 0.463 e. The Morgan fingerprint density at radius 1 is 1.07 bits per heavy atom. The van der Waals surface area contributed by atoms with Crippen LogP contribution in [0.5, 0.6) is 0 Å². The number of halogens is 1. The zero-order valence-corrected chi connectivity index (χ0v) is 15.9. The average Bonchev–Trinajstić information content (AvgIpc) is 3.16. The lowest BCUT2D eigenvalue weighted by Crippen LogP contribution is -2.40. The van der Waals surface area contributed by atoms with Gasteiger partial charge >= 0.3 is 17.9 Å². The highest BCUT2D eigenvalue weighted by Crippen LogP contribution is 2.39. The third kappa shape index (κ3) is 4.04. The summed E-state index contributed by atoms with van der Waals surface area (Å²) in [7, 11) is 0. The number of aromatic amines is 1. The highest BCUT2D eigenvalue weighted by atomic mass is 35.5. The van der Waals surface area contributed by atoms with Gasteiger partial charge in [0, 0.05) is 20.8 Å². The molecule has 1 saturated heterocycles. The molecule has 0 bridgehead atoms. The van der Waals surface area contributed by atoms with E-state index in [0.717, 1.165) is 0 Å². The van der Waals surface area contributed by atoms with Crippen molar-refractivity contribution >= 4 is 40.5 Å². The second kappa shape index (κ2) is 8.07. The summed E-state index contributed by atoms with van der Waals surface area (Å²) in [5, 5.41) is 6.95. The molecule has 4 atom stereocenters. The SMILES string of the molecule is CC(=O)OCC1OC(c2[nH]nc3c(Cl)ncnc23)C(OC(C)=O)C1OC(C)=O. The maximum Gasteiger partial charge on any atom is 0.303 e. The first-order chi connectivity index (χ1) is 13.3. The van der Waals surface area contributed by atoms with Crippen molar-refractivity contribution in [3.05, 3.63) is 17.2 Å². The van der Waals surface area contributed by atoms with Crippen molar-refractivity contribution in [2.75, 3.05) is 6.61 Å². The van der Waals surface area contributed by atoms with E-state index in [-0.39, 0.29) is 11.8 Å². The van der Waals surface area contributed by atoms with E-state index in [9.17, 15) is 14.4 Å². The minimum Gasteiger partial charge on any atom is -0.463 e. The third-order valence-corrected chi connectivity index (χ3v) is 4.25. The first kappa shape index (κ1) is 20.0. The molecule has 150 valence electrons. The number of rotatable bonds is 5. The van der Waals surface area contributed by atoms with Gasteiger partial charge in [-0.15, -0.1) is 0 Å². The fourth-order valence-corrected chi connectivity index (χ4v) is 3.14. The first-order valence-electron chi connectivity index (χ1n) is 8.25. The van der Waals surface area contributed by atoms with Crippen molar-refractivity contribution in [1.29, 1.82) is 0 Å². The van der Waals surface area contributed by atoms with E-state index in [1.165, 1.54) is 27.1 Å². The Kier molecular flexibility index (Phi) is 5.75. The summed E-state index contributed by atoms with van der Waals surface area (Å²) in [6, 6.07) is 0. The second-order valence-corrected chi connectivity index (χ2v) is 6.40. The molecule has 2 aromatic rings. The van der Waals surface area contributed by atoms with Crippen LogP contribution in [-0.4, -0.2) is 63.0 Å². The van der Waals surface area contributed by atoms with E-state index >= 15 is 0 Å². The molecule has 1 N–H and O–H groups in total. The number of nitrogens with one attached hydrogen (secondary N) is 1. The Morgan fingerprint density at radius 2 is 1.75 bits per heavy atom. The highest BCUT2D eigenvalue weighted by molar-refractivity contribution is 6.33. The predicted octanol–water partition coefficient (Wildman–Crippen LogP) is 0.873. The predicted molar refractivity (Wildman–Crippen MR) is 92.0 cm³/mol. The molecule has 12 heteroatoms. The fraction of sp³-hybridized carbons (Fsp3) is 0.500. The number of aromatic nitrogens is 4. The standard InChI is InChI=1S/C16H17ClN4O7/c1-6(22)25-4-9-13(26-7(2)23)15(27-8(3)24)14(28-9)11-10-12(21-20-11)16(17)19-5-18-10/h5,9,13-15H,4H2,1-3H3,(H,20,21). The van der Waals surface area contributed by atoms with Crippen molar-refractivity contribution in [3.8, 4) is 0 Å². The maximum atomic E-state index is 11.7. The van der Waals surface area contributed by atoms with Gasteiger partial charge in [-0.1, -0.05) is 11.6 Å². The van der Waals surface area contributed by atoms with Crippen LogP contribution in [-0.2, 0) is 33.3 Å².